The van der Waals surface area contributed by atoms with Gasteiger partial charge in [0.2, 0.25) is 0 Å². The van der Waals surface area contributed by atoms with Crippen LogP contribution in [0.5, 0.6) is 0 Å². The lowest BCUT2D eigenvalue weighted by Crippen LogP contribution is -2.11. The zero-order chi connectivity index (χ0) is 11.4. The number of aliphatic imine (C=N–C) groups is 1. The van der Waals surface area contributed by atoms with Gasteiger partial charge in [-0.3, -0.25) is 4.79 Å². The predicted molar refractivity (Wildman–Crippen MR) is 55.8 cm³/mol. The van der Waals surface area contributed by atoms with Gasteiger partial charge in [0.1, 0.15) is 17.2 Å². The second-order valence-corrected chi connectivity index (χ2v) is 3.38. The Hall–Kier alpha value is -1.43. The molecule has 0 atom stereocenters. The number of rotatable bonds is 1. The van der Waals surface area contributed by atoms with E-state index in [9.17, 15) is 13.6 Å². The highest BCUT2D eigenvalue weighted by molar-refractivity contribution is 8.13. The van der Waals surface area contributed by atoms with E-state index in [1.807, 2.05) is 0 Å². The van der Waals surface area contributed by atoms with Gasteiger partial charge in [0.05, 0.1) is 0 Å². The monoisotopic (exact) mass is 230 g/mol. The van der Waals surface area contributed by atoms with Crippen LogP contribution >= 0.6 is 11.8 Å². The summed E-state index contributed by atoms with van der Waals surface area (Å²) in [6.45, 7) is 0. The van der Waals surface area contributed by atoms with Crippen molar-refractivity contribution in [3.05, 3.63) is 35.4 Å². The first-order valence-corrected chi connectivity index (χ1v) is 5.15. The Morgan fingerprint density at radius 3 is 2.40 bits per heavy atom. The first-order valence-electron chi connectivity index (χ1n) is 3.92. The predicted octanol–water partition coefficient (Wildman–Crippen LogP) is 1.78. The summed E-state index contributed by atoms with van der Waals surface area (Å²) >= 11 is 1.02. The molecule has 1 aromatic carbocycles. The van der Waals surface area contributed by atoms with Crippen molar-refractivity contribution in [3.8, 4) is 0 Å². The smallest absolute Gasteiger partial charge is 0.285 e. The van der Waals surface area contributed by atoms with Crippen molar-refractivity contribution in [2.75, 3.05) is 6.26 Å². The van der Waals surface area contributed by atoms with E-state index >= 15 is 0 Å². The minimum Gasteiger partial charge on any atom is -0.378 e. The van der Waals surface area contributed by atoms with Gasteiger partial charge in [0.15, 0.2) is 5.17 Å². The first kappa shape index (κ1) is 11.6. The molecule has 3 nitrogen and oxygen atoms in total. The lowest BCUT2D eigenvalue weighted by atomic mass is 10.2. The molecule has 80 valence electrons. The van der Waals surface area contributed by atoms with E-state index in [1.165, 1.54) is 6.07 Å². The van der Waals surface area contributed by atoms with Gasteiger partial charge in [-0.15, -0.1) is 0 Å². The Morgan fingerprint density at radius 1 is 1.40 bits per heavy atom. The molecule has 1 rings (SSSR count). The summed E-state index contributed by atoms with van der Waals surface area (Å²) in [6, 6.07) is 3.14. The van der Waals surface area contributed by atoms with E-state index < -0.39 is 23.1 Å². The van der Waals surface area contributed by atoms with Crippen LogP contribution in [0.4, 0.5) is 8.78 Å². The van der Waals surface area contributed by atoms with E-state index in [0.29, 0.717) is 0 Å². The number of hydrogen-bond donors (Lipinski definition) is 1. The molecule has 0 heterocycles. The minimum atomic E-state index is -1.02. The summed E-state index contributed by atoms with van der Waals surface area (Å²) in [5, 5.41) is -0.0392. The van der Waals surface area contributed by atoms with E-state index in [0.717, 1.165) is 23.9 Å². The molecular formula is C9H8F2N2OS. The van der Waals surface area contributed by atoms with Gasteiger partial charge in [0.25, 0.3) is 5.91 Å². The largest absolute Gasteiger partial charge is 0.378 e. The molecule has 15 heavy (non-hydrogen) atoms. The molecule has 0 spiro atoms. The van der Waals surface area contributed by atoms with Crippen LogP contribution in [0.1, 0.15) is 10.4 Å². The minimum absolute atomic E-state index is 0.0392. The SMILES string of the molecule is CSC(N)=NC(=O)c1c(F)cccc1F. The highest BCUT2D eigenvalue weighted by Crippen LogP contribution is 2.13. The van der Waals surface area contributed by atoms with Crippen molar-refractivity contribution in [3.63, 3.8) is 0 Å². The number of halogens is 2. The molecule has 0 bridgehead atoms. The number of nitrogens with zero attached hydrogens (tertiary/aromatic N) is 1. The van der Waals surface area contributed by atoms with Crippen LogP contribution in [-0.4, -0.2) is 17.3 Å². The second-order valence-electron chi connectivity index (χ2n) is 2.56. The summed E-state index contributed by atoms with van der Waals surface area (Å²) in [6.07, 6.45) is 1.60. The van der Waals surface area contributed by atoms with Crippen LogP contribution in [0.3, 0.4) is 0 Å². The Balaban J connectivity index is 3.12. The van der Waals surface area contributed by atoms with Gasteiger partial charge in [-0.2, -0.15) is 4.99 Å². The van der Waals surface area contributed by atoms with E-state index in [-0.39, 0.29) is 5.17 Å². The molecule has 0 aliphatic carbocycles. The fraction of sp³-hybridized carbons (Fsp3) is 0.111. The van der Waals surface area contributed by atoms with Gasteiger partial charge in [0, 0.05) is 0 Å². The maximum absolute atomic E-state index is 13.1. The second kappa shape index (κ2) is 4.88. The maximum Gasteiger partial charge on any atom is 0.285 e. The third-order valence-corrected chi connectivity index (χ3v) is 2.11. The van der Waals surface area contributed by atoms with Crippen LogP contribution in [0.2, 0.25) is 0 Å². The Morgan fingerprint density at radius 2 is 1.93 bits per heavy atom. The van der Waals surface area contributed by atoms with Crippen molar-refractivity contribution in [2.45, 2.75) is 0 Å². The van der Waals surface area contributed by atoms with Gasteiger partial charge in [-0.05, 0) is 18.4 Å². The maximum atomic E-state index is 13.1. The van der Waals surface area contributed by atoms with E-state index in [4.69, 9.17) is 5.73 Å². The number of amidine groups is 1. The van der Waals surface area contributed by atoms with Crippen molar-refractivity contribution in [1.29, 1.82) is 0 Å². The zero-order valence-electron chi connectivity index (χ0n) is 7.83. The number of hydrogen-bond acceptors (Lipinski definition) is 2. The van der Waals surface area contributed by atoms with Crippen molar-refractivity contribution in [2.24, 2.45) is 10.7 Å². The molecule has 0 saturated heterocycles. The molecule has 1 aromatic rings. The van der Waals surface area contributed by atoms with Gasteiger partial charge >= 0.3 is 0 Å². The summed E-state index contributed by atoms with van der Waals surface area (Å²) in [4.78, 5) is 14.6. The Bertz CT molecular complexity index is 400. The number of nitrogens with two attached hydrogens (primary N) is 1. The standard InChI is InChI=1S/C9H8F2N2OS/c1-15-9(12)13-8(14)7-5(10)3-2-4-6(7)11/h2-4H,1H3,(H2,12,13,14). The van der Waals surface area contributed by atoms with E-state index in [1.54, 1.807) is 6.26 Å². The van der Waals surface area contributed by atoms with Crippen LogP contribution < -0.4 is 5.73 Å². The van der Waals surface area contributed by atoms with Crippen molar-refractivity contribution >= 4 is 22.8 Å². The highest BCUT2D eigenvalue weighted by atomic mass is 32.2. The zero-order valence-corrected chi connectivity index (χ0v) is 8.65. The molecule has 1 amide bonds. The molecular weight excluding hydrogens is 222 g/mol. The van der Waals surface area contributed by atoms with Crippen LogP contribution in [0, 0.1) is 11.6 Å². The van der Waals surface area contributed by atoms with Crippen molar-refractivity contribution in [1.82, 2.24) is 0 Å². The van der Waals surface area contributed by atoms with Gasteiger partial charge in [-0.1, -0.05) is 17.8 Å². The molecule has 0 saturated carbocycles. The molecule has 2 N–H and O–H groups in total. The highest BCUT2D eigenvalue weighted by Gasteiger charge is 2.16. The number of benzene rings is 1. The molecule has 6 heteroatoms. The summed E-state index contributed by atoms with van der Waals surface area (Å²) in [5.41, 5.74) is 4.57. The topological polar surface area (TPSA) is 55.4 Å². The number of thioether (sulfide) groups is 1. The lowest BCUT2D eigenvalue weighted by Gasteiger charge is -2.00. The fourth-order valence-electron chi connectivity index (χ4n) is 0.904. The van der Waals surface area contributed by atoms with Gasteiger partial charge in [-0.25, -0.2) is 8.78 Å². The molecule has 0 aliphatic rings. The molecule has 0 radical (unpaired) electrons. The normalized spacial score (nSPS) is 11.5. The Kier molecular flexibility index (Phi) is 3.79. The average molecular weight is 230 g/mol. The first-order chi connectivity index (χ1) is 7.06. The van der Waals surface area contributed by atoms with Crippen molar-refractivity contribution < 1.29 is 13.6 Å². The molecule has 0 aliphatic heterocycles. The van der Waals surface area contributed by atoms with Crippen LogP contribution in [0.15, 0.2) is 23.2 Å². The third kappa shape index (κ3) is 2.76. The lowest BCUT2D eigenvalue weighted by molar-refractivity contribution is 0.0995. The summed E-state index contributed by atoms with van der Waals surface area (Å²) in [5.74, 6) is -2.91. The van der Waals surface area contributed by atoms with E-state index in [2.05, 4.69) is 4.99 Å². The Labute approximate surface area is 89.4 Å². The molecule has 0 unspecified atom stereocenters. The third-order valence-electron chi connectivity index (χ3n) is 1.60. The average Bonchev–Trinajstić information content (AvgIpc) is 2.17. The quantitative estimate of drug-likeness (QED) is 0.591. The molecule has 0 aromatic heterocycles. The van der Waals surface area contributed by atoms with Crippen LogP contribution in [-0.2, 0) is 0 Å². The fourth-order valence-corrected chi connectivity index (χ4v) is 1.08. The van der Waals surface area contributed by atoms with Gasteiger partial charge < -0.3 is 5.73 Å². The molecule has 0 fully saturated rings. The number of carbonyl (C=O) groups excluding carboxylic acids is 1. The number of carbonyl (C=O) groups is 1. The summed E-state index contributed by atoms with van der Waals surface area (Å²) in [7, 11) is 0. The summed E-state index contributed by atoms with van der Waals surface area (Å²) < 4.78 is 26.2. The number of amides is 1. The van der Waals surface area contributed by atoms with Crippen LogP contribution in [0.25, 0.3) is 0 Å².